The Bertz CT molecular complexity index is 108. The zero-order valence-electron chi connectivity index (χ0n) is 5.96. The third kappa shape index (κ3) is 6.60. The van der Waals surface area contributed by atoms with Crippen LogP contribution in [0.15, 0.2) is 0 Å². The van der Waals surface area contributed by atoms with Crippen molar-refractivity contribution in [1.82, 2.24) is 0 Å². The number of rotatable bonds is 3. The summed E-state index contributed by atoms with van der Waals surface area (Å²) >= 11 is 28.2. The van der Waals surface area contributed by atoms with Crippen LogP contribution in [0.1, 0.15) is 19.8 Å². The standard InChI is InChI=1S/C6H9Cl5/c1-2-4(7)5(8)3-6(9,10)11/h4-5H,2-3H2,1H3. The van der Waals surface area contributed by atoms with Crippen LogP contribution >= 0.6 is 58.0 Å². The maximum Gasteiger partial charge on any atom is 0.192 e. The molecule has 0 fully saturated rings. The smallest absolute Gasteiger partial charge is 0.121 e. The Balaban J connectivity index is 3.77. The molecule has 0 saturated heterocycles. The summed E-state index contributed by atoms with van der Waals surface area (Å²) in [5.41, 5.74) is 0. The number of halogens is 5. The Kier molecular flexibility index (Phi) is 5.93. The number of alkyl halides is 5. The quantitative estimate of drug-likeness (QED) is 0.659. The Morgan fingerprint density at radius 2 is 1.55 bits per heavy atom. The SMILES string of the molecule is CCC(Cl)C(Cl)CC(Cl)(Cl)Cl. The minimum atomic E-state index is -1.30. The van der Waals surface area contributed by atoms with Gasteiger partial charge in [0.05, 0.1) is 5.38 Å². The minimum absolute atomic E-state index is 0.132. The van der Waals surface area contributed by atoms with Gasteiger partial charge in [-0.15, -0.1) is 23.2 Å². The average molecular weight is 258 g/mol. The van der Waals surface area contributed by atoms with E-state index >= 15 is 0 Å². The lowest BCUT2D eigenvalue weighted by Gasteiger charge is -2.18. The molecule has 0 aliphatic heterocycles. The van der Waals surface area contributed by atoms with E-state index in [1.165, 1.54) is 0 Å². The van der Waals surface area contributed by atoms with Crippen LogP contribution in [0.5, 0.6) is 0 Å². The molecule has 68 valence electrons. The molecule has 0 aromatic carbocycles. The van der Waals surface area contributed by atoms with Gasteiger partial charge in [0.2, 0.25) is 0 Å². The number of hydrogen-bond donors (Lipinski definition) is 0. The van der Waals surface area contributed by atoms with E-state index in [4.69, 9.17) is 58.0 Å². The van der Waals surface area contributed by atoms with Crippen LogP contribution in [0.2, 0.25) is 0 Å². The molecule has 2 unspecified atom stereocenters. The normalized spacial score (nSPS) is 18.0. The zero-order valence-corrected chi connectivity index (χ0v) is 9.74. The highest BCUT2D eigenvalue weighted by Crippen LogP contribution is 2.35. The van der Waals surface area contributed by atoms with Crippen LogP contribution in [0.4, 0.5) is 0 Å². The third-order valence-corrected chi connectivity index (χ3v) is 2.87. The molecule has 0 rings (SSSR count). The molecular weight excluding hydrogens is 249 g/mol. The fourth-order valence-electron chi connectivity index (χ4n) is 0.605. The van der Waals surface area contributed by atoms with Crippen molar-refractivity contribution in [2.45, 2.75) is 34.3 Å². The molecule has 0 radical (unpaired) electrons. The lowest BCUT2D eigenvalue weighted by molar-refractivity contribution is 0.694. The van der Waals surface area contributed by atoms with Gasteiger partial charge in [0.1, 0.15) is 0 Å². The van der Waals surface area contributed by atoms with Gasteiger partial charge in [-0.05, 0) is 6.42 Å². The summed E-state index contributed by atoms with van der Waals surface area (Å²) in [4.78, 5) is 0. The van der Waals surface area contributed by atoms with E-state index < -0.39 is 3.79 Å². The fraction of sp³-hybridized carbons (Fsp3) is 1.00. The second-order valence-corrected chi connectivity index (χ2v) is 5.90. The third-order valence-electron chi connectivity index (χ3n) is 1.21. The first-order valence-electron chi connectivity index (χ1n) is 3.21. The van der Waals surface area contributed by atoms with Crippen molar-refractivity contribution in [3.05, 3.63) is 0 Å². The summed E-state index contributed by atoms with van der Waals surface area (Å²) in [6.07, 6.45) is 1.05. The molecule has 11 heavy (non-hydrogen) atoms. The second kappa shape index (κ2) is 5.24. The summed E-state index contributed by atoms with van der Waals surface area (Å²) in [6, 6.07) is 0. The topological polar surface area (TPSA) is 0 Å². The molecule has 0 aliphatic carbocycles. The van der Waals surface area contributed by atoms with Gasteiger partial charge < -0.3 is 0 Å². The molecule has 0 saturated carbocycles. The van der Waals surface area contributed by atoms with Gasteiger partial charge in [-0.25, -0.2) is 0 Å². The lowest BCUT2D eigenvalue weighted by atomic mass is 10.2. The van der Waals surface area contributed by atoms with Gasteiger partial charge in [-0.2, -0.15) is 0 Å². The predicted molar refractivity (Wildman–Crippen MR) is 54.5 cm³/mol. The average Bonchev–Trinajstić information content (AvgIpc) is 1.82. The summed E-state index contributed by atoms with van der Waals surface area (Å²) in [5.74, 6) is 0. The molecule has 0 aliphatic rings. The van der Waals surface area contributed by atoms with E-state index in [-0.39, 0.29) is 17.2 Å². The van der Waals surface area contributed by atoms with Crippen molar-refractivity contribution >= 4 is 58.0 Å². The zero-order chi connectivity index (χ0) is 9.07. The van der Waals surface area contributed by atoms with Crippen LogP contribution in [0.25, 0.3) is 0 Å². The summed E-state index contributed by atoms with van der Waals surface area (Å²) < 4.78 is -1.30. The van der Waals surface area contributed by atoms with Gasteiger partial charge in [-0.3, -0.25) is 0 Å². The monoisotopic (exact) mass is 256 g/mol. The predicted octanol–water partition coefficient (Wildman–Crippen LogP) is 4.37. The molecule has 2 atom stereocenters. The summed E-state index contributed by atoms with van der Waals surface area (Å²) in [5, 5.41) is -0.415. The summed E-state index contributed by atoms with van der Waals surface area (Å²) in [7, 11) is 0. The van der Waals surface area contributed by atoms with Crippen LogP contribution in [0, 0.1) is 0 Å². The number of hydrogen-bond acceptors (Lipinski definition) is 0. The Morgan fingerprint density at radius 3 is 1.82 bits per heavy atom. The molecule has 0 bridgehead atoms. The fourth-order valence-corrected chi connectivity index (χ4v) is 1.84. The first-order valence-corrected chi connectivity index (χ1v) is 5.22. The van der Waals surface area contributed by atoms with Crippen molar-refractivity contribution in [3.63, 3.8) is 0 Å². The first kappa shape index (κ1) is 12.4. The maximum atomic E-state index is 5.83. The van der Waals surface area contributed by atoms with Gasteiger partial charge in [0.25, 0.3) is 0 Å². The maximum absolute atomic E-state index is 5.83. The second-order valence-electron chi connectivity index (χ2n) is 2.26. The highest BCUT2D eigenvalue weighted by atomic mass is 35.6. The van der Waals surface area contributed by atoms with Crippen LogP contribution in [-0.2, 0) is 0 Å². The van der Waals surface area contributed by atoms with E-state index in [0.717, 1.165) is 6.42 Å². The lowest BCUT2D eigenvalue weighted by Crippen LogP contribution is -2.20. The van der Waals surface area contributed by atoms with E-state index in [0.29, 0.717) is 0 Å². The Hall–Kier alpha value is 1.45. The molecule has 0 spiro atoms. The van der Waals surface area contributed by atoms with Gasteiger partial charge in [0.15, 0.2) is 3.79 Å². The van der Waals surface area contributed by atoms with E-state index in [1.807, 2.05) is 6.92 Å². The van der Waals surface area contributed by atoms with E-state index in [1.54, 1.807) is 0 Å². The molecule has 0 N–H and O–H groups in total. The van der Waals surface area contributed by atoms with E-state index in [2.05, 4.69) is 0 Å². The van der Waals surface area contributed by atoms with E-state index in [9.17, 15) is 0 Å². The summed E-state index contributed by atoms with van der Waals surface area (Å²) in [6.45, 7) is 1.94. The molecule has 0 heterocycles. The highest BCUT2D eigenvalue weighted by molar-refractivity contribution is 6.67. The first-order chi connectivity index (χ1) is 4.87. The largest absolute Gasteiger partial charge is 0.192 e. The van der Waals surface area contributed by atoms with Crippen molar-refractivity contribution in [3.8, 4) is 0 Å². The van der Waals surface area contributed by atoms with Crippen molar-refractivity contribution in [1.29, 1.82) is 0 Å². The molecule has 0 aromatic heterocycles. The van der Waals surface area contributed by atoms with Crippen LogP contribution in [-0.4, -0.2) is 14.5 Å². The van der Waals surface area contributed by atoms with Gasteiger partial charge in [0, 0.05) is 11.8 Å². The Morgan fingerprint density at radius 1 is 1.09 bits per heavy atom. The van der Waals surface area contributed by atoms with Gasteiger partial charge in [-0.1, -0.05) is 41.7 Å². The van der Waals surface area contributed by atoms with Crippen molar-refractivity contribution in [2.24, 2.45) is 0 Å². The van der Waals surface area contributed by atoms with Gasteiger partial charge >= 0.3 is 0 Å². The highest BCUT2D eigenvalue weighted by Gasteiger charge is 2.27. The molecule has 0 nitrogen and oxygen atoms in total. The molecule has 5 heteroatoms. The molecule has 0 aromatic rings. The molecular formula is C6H9Cl5. The van der Waals surface area contributed by atoms with Crippen molar-refractivity contribution in [2.75, 3.05) is 0 Å². The minimum Gasteiger partial charge on any atom is -0.121 e. The molecule has 0 amide bonds. The van der Waals surface area contributed by atoms with Crippen LogP contribution in [0.3, 0.4) is 0 Å². The van der Waals surface area contributed by atoms with Crippen LogP contribution < -0.4 is 0 Å². The van der Waals surface area contributed by atoms with Crippen molar-refractivity contribution < 1.29 is 0 Å². The Labute approximate surface area is 92.1 Å².